The van der Waals surface area contributed by atoms with Crippen molar-refractivity contribution in [2.45, 2.75) is 70.5 Å². The molecule has 1 N–H and O–H groups in total. The molecule has 1 nitrogen and oxygen atoms in total. The maximum absolute atomic E-state index is 3.54. The zero-order valence-electron chi connectivity index (χ0n) is 11.6. The smallest absolute Gasteiger partial charge is 0.00280 e. The van der Waals surface area contributed by atoms with Gasteiger partial charge >= 0.3 is 0 Å². The quantitative estimate of drug-likeness (QED) is 0.509. The molecule has 0 aromatic rings. The van der Waals surface area contributed by atoms with Crippen molar-refractivity contribution >= 4 is 11.8 Å². The van der Waals surface area contributed by atoms with E-state index in [1.54, 1.807) is 0 Å². The van der Waals surface area contributed by atoms with Crippen LogP contribution in [0.2, 0.25) is 0 Å². The van der Waals surface area contributed by atoms with Crippen LogP contribution >= 0.6 is 11.8 Å². The Bertz CT molecular complexity index is 128. The van der Waals surface area contributed by atoms with Crippen LogP contribution in [0.15, 0.2) is 0 Å². The van der Waals surface area contributed by atoms with Gasteiger partial charge in [-0.1, -0.05) is 52.4 Å². The van der Waals surface area contributed by atoms with Crippen molar-refractivity contribution in [3.05, 3.63) is 0 Å². The Kier molecular flexibility index (Phi) is 13.6. The van der Waals surface area contributed by atoms with Gasteiger partial charge in [-0.2, -0.15) is 11.8 Å². The fourth-order valence-electron chi connectivity index (χ4n) is 1.76. The van der Waals surface area contributed by atoms with Gasteiger partial charge in [0.05, 0.1) is 0 Å². The predicted octanol–water partition coefficient (Wildman–Crippen LogP) is 4.47. The molecule has 0 bridgehead atoms. The van der Waals surface area contributed by atoms with Crippen molar-refractivity contribution < 1.29 is 0 Å². The van der Waals surface area contributed by atoms with Gasteiger partial charge in [0.2, 0.25) is 0 Å². The van der Waals surface area contributed by atoms with E-state index < -0.39 is 0 Å². The van der Waals surface area contributed by atoms with E-state index in [0.717, 1.165) is 5.25 Å². The first-order valence-corrected chi connectivity index (χ1v) is 8.33. The molecule has 0 amide bonds. The lowest BCUT2D eigenvalue weighted by Crippen LogP contribution is -2.19. The van der Waals surface area contributed by atoms with Gasteiger partial charge in [0.15, 0.2) is 0 Å². The molecule has 0 radical (unpaired) electrons. The van der Waals surface area contributed by atoms with Crippen LogP contribution < -0.4 is 5.32 Å². The van der Waals surface area contributed by atoms with Crippen molar-refractivity contribution in [1.29, 1.82) is 0 Å². The summed E-state index contributed by atoms with van der Waals surface area (Å²) < 4.78 is 0. The highest BCUT2D eigenvalue weighted by Gasteiger charge is 1.97. The first kappa shape index (κ1) is 16.3. The molecule has 2 heteroatoms. The molecule has 0 aromatic heterocycles. The van der Waals surface area contributed by atoms with Crippen LogP contribution in [0.25, 0.3) is 0 Å². The molecule has 1 unspecified atom stereocenters. The number of thioether (sulfide) groups is 1. The minimum atomic E-state index is 0.807. The number of unbranched alkanes of at least 4 members (excludes halogenated alkanes) is 6. The van der Waals surface area contributed by atoms with Crippen molar-refractivity contribution in [2.75, 3.05) is 19.3 Å². The lowest BCUT2D eigenvalue weighted by Gasteiger charge is -2.08. The van der Waals surface area contributed by atoms with Gasteiger partial charge in [0, 0.05) is 5.25 Å². The molecule has 0 saturated carbocycles. The number of rotatable bonds is 12. The van der Waals surface area contributed by atoms with Gasteiger partial charge in [-0.15, -0.1) is 0 Å². The topological polar surface area (TPSA) is 12.0 Å². The van der Waals surface area contributed by atoms with Crippen LogP contribution in [-0.2, 0) is 0 Å². The normalized spacial score (nSPS) is 12.9. The largest absolute Gasteiger partial charge is 0.317 e. The molecule has 0 fully saturated rings. The summed E-state index contributed by atoms with van der Waals surface area (Å²) in [6.07, 6.45) is 13.4. The van der Waals surface area contributed by atoms with E-state index in [0.29, 0.717) is 0 Å². The van der Waals surface area contributed by atoms with Gasteiger partial charge < -0.3 is 5.32 Å². The number of hydrogen-bond donors (Lipinski definition) is 1. The molecule has 0 aromatic carbocycles. The molecule has 98 valence electrons. The van der Waals surface area contributed by atoms with Gasteiger partial charge in [0.1, 0.15) is 0 Å². The fraction of sp³-hybridized carbons (Fsp3) is 1.00. The third-order valence-electron chi connectivity index (χ3n) is 3.09. The molecule has 16 heavy (non-hydrogen) atoms. The summed E-state index contributed by atoms with van der Waals surface area (Å²) in [5, 5.41) is 4.35. The first-order chi connectivity index (χ1) is 7.81. The third-order valence-corrected chi connectivity index (χ3v) is 4.13. The van der Waals surface area contributed by atoms with Gasteiger partial charge in [-0.25, -0.2) is 0 Å². The highest BCUT2D eigenvalue weighted by Crippen LogP contribution is 2.08. The zero-order valence-corrected chi connectivity index (χ0v) is 12.4. The SMILES string of the molecule is CCCCCCCCCNCCC(C)SC. The Balaban J connectivity index is 2.93. The maximum atomic E-state index is 3.54. The molecule has 1 atom stereocenters. The van der Waals surface area contributed by atoms with E-state index >= 15 is 0 Å². The number of hydrogen-bond acceptors (Lipinski definition) is 2. The summed E-state index contributed by atoms with van der Waals surface area (Å²) in [5.41, 5.74) is 0. The lowest BCUT2D eigenvalue weighted by atomic mass is 10.1. The van der Waals surface area contributed by atoms with E-state index in [-0.39, 0.29) is 0 Å². The van der Waals surface area contributed by atoms with Crippen LogP contribution in [0.4, 0.5) is 0 Å². The average Bonchev–Trinajstić information content (AvgIpc) is 2.31. The van der Waals surface area contributed by atoms with Crippen LogP contribution in [0, 0.1) is 0 Å². The number of nitrogens with one attached hydrogen (secondary N) is 1. The average molecular weight is 245 g/mol. The second kappa shape index (κ2) is 13.4. The second-order valence-corrected chi connectivity index (χ2v) is 5.98. The van der Waals surface area contributed by atoms with E-state index in [9.17, 15) is 0 Å². The molecule has 0 saturated heterocycles. The molecule has 0 aliphatic heterocycles. The van der Waals surface area contributed by atoms with Crippen LogP contribution in [0.3, 0.4) is 0 Å². The van der Waals surface area contributed by atoms with Crippen LogP contribution in [-0.4, -0.2) is 24.6 Å². The van der Waals surface area contributed by atoms with E-state index in [4.69, 9.17) is 0 Å². The molecule has 0 rings (SSSR count). The molecular weight excluding hydrogens is 214 g/mol. The zero-order chi connectivity index (χ0) is 12.1. The Morgan fingerprint density at radius 3 is 2.19 bits per heavy atom. The van der Waals surface area contributed by atoms with Gasteiger partial charge in [-0.3, -0.25) is 0 Å². The Morgan fingerprint density at radius 1 is 0.938 bits per heavy atom. The highest BCUT2D eigenvalue weighted by molar-refractivity contribution is 7.99. The summed E-state index contributed by atoms with van der Waals surface area (Å²) in [5.74, 6) is 0. The summed E-state index contributed by atoms with van der Waals surface area (Å²) in [6, 6.07) is 0. The standard InChI is InChI=1S/C14H31NS/c1-4-5-6-7-8-9-10-12-15-13-11-14(2)16-3/h14-15H,4-13H2,1-3H3. The van der Waals surface area contributed by atoms with Crippen LogP contribution in [0.1, 0.15) is 65.2 Å². The Labute approximate surface area is 107 Å². The highest BCUT2D eigenvalue weighted by atomic mass is 32.2. The minimum Gasteiger partial charge on any atom is -0.317 e. The summed E-state index contributed by atoms with van der Waals surface area (Å²) in [4.78, 5) is 0. The third kappa shape index (κ3) is 12.4. The van der Waals surface area contributed by atoms with Gasteiger partial charge in [-0.05, 0) is 32.2 Å². The van der Waals surface area contributed by atoms with Crippen LogP contribution in [0.5, 0.6) is 0 Å². The van der Waals surface area contributed by atoms with E-state index in [1.807, 2.05) is 11.8 Å². The van der Waals surface area contributed by atoms with Crippen molar-refractivity contribution in [2.24, 2.45) is 0 Å². The summed E-state index contributed by atoms with van der Waals surface area (Å²) >= 11 is 1.96. The molecule has 0 heterocycles. The summed E-state index contributed by atoms with van der Waals surface area (Å²) in [6.45, 7) is 6.99. The second-order valence-electron chi connectivity index (χ2n) is 4.71. The van der Waals surface area contributed by atoms with Gasteiger partial charge in [0.25, 0.3) is 0 Å². The Hall–Kier alpha value is 0.310. The van der Waals surface area contributed by atoms with Crippen molar-refractivity contribution in [3.63, 3.8) is 0 Å². The monoisotopic (exact) mass is 245 g/mol. The predicted molar refractivity (Wildman–Crippen MR) is 78.5 cm³/mol. The minimum absolute atomic E-state index is 0.807. The van der Waals surface area contributed by atoms with E-state index in [1.165, 1.54) is 64.5 Å². The maximum Gasteiger partial charge on any atom is 0.00280 e. The molecular formula is C14H31NS. The molecule has 0 aliphatic rings. The van der Waals surface area contributed by atoms with Crippen molar-refractivity contribution in [1.82, 2.24) is 5.32 Å². The summed E-state index contributed by atoms with van der Waals surface area (Å²) in [7, 11) is 0. The van der Waals surface area contributed by atoms with E-state index in [2.05, 4.69) is 25.4 Å². The molecule has 0 aliphatic carbocycles. The fourth-order valence-corrected chi connectivity index (χ4v) is 2.11. The Morgan fingerprint density at radius 2 is 1.56 bits per heavy atom. The lowest BCUT2D eigenvalue weighted by molar-refractivity contribution is 0.557. The molecule has 0 spiro atoms. The first-order valence-electron chi connectivity index (χ1n) is 7.04. The van der Waals surface area contributed by atoms with Crippen molar-refractivity contribution in [3.8, 4) is 0 Å².